The topological polar surface area (TPSA) is 156 Å². The molecule has 0 aliphatic carbocycles. The molecule has 0 bridgehead atoms. The summed E-state index contributed by atoms with van der Waals surface area (Å²) in [4.78, 5) is 52.0. The van der Waals surface area contributed by atoms with Crippen LogP contribution in [-0.4, -0.2) is 86.0 Å². The number of benzene rings is 1. The Kier molecular flexibility index (Phi) is 8.40. The predicted octanol–water partition coefficient (Wildman–Crippen LogP) is 1.58. The van der Waals surface area contributed by atoms with Crippen LogP contribution in [0.15, 0.2) is 18.2 Å². The number of cyclic esters (lactones) is 1. The maximum Gasteiger partial charge on any atom is 0.414 e. The molecule has 2 fully saturated rings. The number of carbonyl (C=O) groups excluding carboxylic acids is 4. The third-order valence-electron chi connectivity index (χ3n) is 5.46. The Labute approximate surface area is 213 Å². The normalized spacial score (nSPS) is 17.7. The Morgan fingerprint density at radius 3 is 2.43 bits per heavy atom. The largest absolute Gasteiger partial charge is 0.444 e. The minimum Gasteiger partial charge on any atom is -0.444 e. The lowest BCUT2D eigenvalue weighted by atomic mass is 10.2. The van der Waals surface area contributed by atoms with Crippen molar-refractivity contribution in [3.05, 3.63) is 24.0 Å². The Hall–Kier alpha value is -4.10. The van der Waals surface area contributed by atoms with Crippen LogP contribution >= 0.6 is 0 Å². The van der Waals surface area contributed by atoms with Crippen LogP contribution in [0.1, 0.15) is 27.7 Å². The van der Waals surface area contributed by atoms with Crippen LogP contribution in [-0.2, 0) is 14.3 Å². The molecule has 0 radical (unpaired) electrons. The number of alkyl carbamates (subject to hydrolysis) is 1. The molecule has 1 atom stereocenters. The van der Waals surface area contributed by atoms with Crippen LogP contribution in [0.5, 0.6) is 0 Å². The Bertz CT molecular complexity index is 1070. The molecule has 1 aromatic carbocycles. The van der Waals surface area contributed by atoms with E-state index in [1.165, 1.54) is 22.8 Å². The summed E-state index contributed by atoms with van der Waals surface area (Å²) in [6.07, 6.45) is -2.00. The summed E-state index contributed by atoms with van der Waals surface area (Å²) >= 11 is 0. The number of nitrogens with one attached hydrogen (secondary N) is 4. The molecule has 202 valence electrons. The summed E-state index contributed by atoms with van der Waals surface area (Å²) in [5.41, 5.74) is -0.0809. The van der Waals surface area contributed by atoms with Gasteiger partial charge in [-0.25, -0.2) is 18.8 Å². The Morgan fingerprint density at radius 1 is 1.16 bits per heavy atom. The SMILES string of the molecule is CC(=O)NC[C@H]1CN(c2ccc(N3CCN(C(=O)NC(=N)NC(=O)OC(C)(C)C)CC3)c(F)c2)C(=O)O1. The average molecular weight is 522 g/mol. The number of anilines is 2. The van der Waals surface area contributed by atoms with Crippen LogP contribution in [0, 0.1) is 11.2 Å². The summed E-state index contributed by atoms with van der Waals surface area (Å²) in [5, 5.41) is 14.8. The molecular weight excluding hydrogens is 489 g/mol. The van der Waals surface area contributed by atoms with E-state index in [1.807, 2.05) is 0 Å². The molecule has 0 unspecified atom stereocenters. The molecule has 0 spiro atoms. The highest BCUT2D eigenvalue weighted by atomic mass is 19.1. The van der Waals surface area contributed by atoms with Gasteiger partial charge >= 0.3 is 18.2 Å². The first-order chi connectivity index (χ1) is 17.3. The predicted molar refractivity (Wildman–Crippen MR) is 132 cm³/mol. The van der Waals surface area contributed by atoms with E-state index in [1.54, 1.807) is 37.8 Å². The molecule has 4 N–H and O–H groups in total. The number of rotatable bonds is 4. The number of carbonyl (C=O) groups is 4. The second kappa shape index (κ2) is 11.3. The standard InChI is InChI=1S/C23H32FN7O6/c1-14(32)26-12-16-13-31(22(35)36-16)15-5-6-18(17(24)11-15)29-7-9-30(10-8-29)20(33)27-19(25)28-21(34)37-23(2,3)4/h5-6,11,16H,7-10,12-13H2,1-4H3,(H,26,32)(H3,25,27,28,33,34)/t16-/m0/s1. The smallest absolute Gasteiger partial charge is 0.414 e. The first kappa shape index (κ1) is 27.5. The van der Waals surface area contributed by atoms with Crippen molar-refractivity contribution in [3.8, 4) is 0 Å². The van der Waals surface area contributed by atoms with Crippen molar-refractivity contribution >= 4 is 41.5 Å². The molecule has 37 heavy (non-hydrogen) atoms. The van der Waals surface area contributed by atoms with Crippen LogP contribution < -0.4 is 25.8 Å². The highest BCUT2D eigenvalue weighted by molar-refractivity contribution is 6.01. The van der Waals surface area contributed by atoms with Crippen molar-refractivity contribution in [2.45, 2.75) is 39.4 Å². The van der Waals surface area contributed by atoms with Gasteiger partial charge in [-0.15, -0.1) is 0 Å². The van der Waals surface area contributed by atoms with Gasteiger partial charge in [0.2, 0.25) is 11.9 Å². The maximum atomic E-state index is 15.0. The zero-order valence-electron chi connectivity index (χ0n) is 21.2. The third kappa shape index (κ3) is 7.69. The minimum atomic E-state index is -0.855. The fraction of sp³-hybridized carbons (Fsp3) is 0.522. The molecule has 2 heterocycles. The Balaban J connectivity index is 1.51. The number of guanidine groups is 1. The number of nitrogens with zero attached hydrogens (tertiary/aromatic N) is 3. The molecule has 13 nitrogen and oxygen atoms in total. The van der Waals surface area contributed by atoms with Crippen molar-refractivity contribution in [3.63, 3.8) is 0 Å². The van der Waals surface area contributed by atoms with E-state index in [9.17, 15) is 23.6 Å². The fourth-order valence-electron chi connectivity index (χ4n) is 3.79. The molecular formula is C23H32FN7O6. The van der Waals surface area contributed by atoms with Crippen molar-refractivity contribution in [2.24, 2.45) is 0 Å². The van der Waals surface area contributed by atoms with Gasteiger partial charge in [0, 0.05) is 33.1 Å². The van der Waals surface area contributed by atoms with Crippen LogP contribution in [0.4, 0.5) is 30.1 Å². The third-order valence-corrected chi connectivity index (χ3v) is 5.46. The molecule has 14 heteroatoms. The Morgan fingerprint density at radius 2 is 1.84 bits per heavy atom. The number of piperazine rings is 1. The van der Waals surface area contributed by atoms with E-state index < -0.39 is 41.7 Å². The molecule has 2 aliphatic heterocycles. The van der Waals surface area contributed by atoms with E-state index in [2.05, 4.69) is 16.0 Å². The molecule has 0 saturated carbocycles. The second-order valence-electron chi connectivity index (χ2n) is 9.60. The number of amides is 5. The summed E-state index contributed by atoms with van der Waals surface area (Å²) < 4.78 is 25.2. The van der Waals surface area contributed by atoms with Gasteiger partial charge < -0.3 is 24.6 Å². The number of urea groups is 1. The van der Waals surface area contributed by atoms with Gasteiger partial charge in [-0.3, -0.25) is 25.7 Å². The van der Waals surface area contributed by atoms with Gasteiger partial charge in [0.05, 0.1) is 24.5 Å². The molecule has 0 aromatic heterocycles. The van der Waals surface area contributed by atoms with E-state index in [4.69, 9.17) is 14.9 Å². The van der Waals surface area contributed by atoms with Crippen molar-refractivity contribution in [1.29, 1.82) is 5.41 Å². The maximum absolute atomic E-state index is 15.0. The van der Waals surface area contributed by atoms with Gasteiger partial charge in [0.25, 0.3) is 0 Å². The highest BCUT2D eigenvalue weighted by Crippen LogP contribution is 2.28. The summed E-state index contributed by atoms with van der Waals surface area (Å²) in [6.45, 7) is 7.94. The first-order valence-electron chi connectivity index (χ1n) is 11.7. The number of hydrogen-bond acceptors (Lipinski definition) is 8. The second-order valence-corrected chi connectivity index (χ2v) is 9.60. The fourth-order valence-corrected chi connectivity index (χ4v) is 3.79. The van der Waals surface area contributed by atoms with E-state index in [0.717, 1.165) is 0 Å². The van der Waals surface area contributed by atoms with Crippen molar-refractivity contribution in [2.75, 3.05) is 49.1 Å². The van der Waals surface area contributed by atoms with Gasteiger partial charge in [-0.2, -0.15) is 0 Å². The minimum absolute atomic E-state index is 0.173. The van der Waals surface area contributed by atoms with Gasteiger partial charge in [-0.05, 0) is 39.0 Å². The van der Waals surface area contributed by atoms with Crippen LogP contribution in [0.25, 0.3) is 0 Å². The van der Waals surface area contributed by atoms with E-state index in [-0.39, 0.29) is 32.1 Å². The highest BCUT2D eigenvalue weighted by Gasteiger charge is 2.33. The first-order valence-corrected chi connectivity index (χ1v) is 11.7. The van der Waals surface area contributed by atoms with Crippen LogP contribution in [0.3, 0.4) is 0 Å². The van der Waals surface area contributed by atoms with Crippen LogP contribution in [0.2, 0.25) is 0 Å². The lowest BCUT2D eigenvalue weighted by molar-refractivity contribution is -0.119. The average Bonchev–Trinajstić information content (AvgIpc) is 3.16. The summed E-state index contributed by atoms with van der Waals surface area (Å²) in [5.74, 6) is -1.28. The van der Waals surface area contributed by atoms with Gasteiger partial charge in [0.1, 0.15) is 17.5 Å². The van der Waals surface area contributed by atoms with Gasteiger partial charge in [-0.1, -0.05) is 0 Å². The number of hydrogen-bond donors (Lipinski definition) is 4. The lowest BCUT2D eigenvalue weighted by Gasteiger charge is -2.36. The molecule has 3 rings (SSSR count). The van der Waals surface area contributed by atoms with Gasteiger partial charge in [0.15, 0.2) is 0 Å². The zero-order valence-corrected chi connectivity index (χ0v) is 21.2. The van der Waals surface area contributed by atoms with Crippen molar-refractivity contribution < 1.29 is 33.0 Å². The summed E-state index contributed by atoms with van der Waals surface area (Å²) in [7, 11) is 0. The molecule has 2 aliphatic rings. The van der Waals surface area contributed by atoms with E-state index >= 15 is 0 Å². The lowest BCUT2D eigenvalue weighted by Crippen LogP contribution is -2.55. The monoisotopic (exact) mass is 521 g/mol. The molecule has 5 amide bonds. The zero-order chi connectivity index (χ0) is 27.3. The quantitative estimate of drug-likeness (QED) is 0.346. The van der Waals surface area contributed by atoms with E-state index in [0.29, 0.717) is 24.5 Å². The molecule has 1 aromatic rings. The van der Waals surface area contributed by atoms with Crippen molar-refractivity contribution in [1.82, 2.24) is 20.9 Å². The number of ether oxygens (including phenoxy) is 2. The summed E-state index contributed by atoms with van der Waals surface area (Å²) in [6, 6.07) is 3.86. The number of halogens is 1. The molecule has 2 saturated heterocycles.